The van der Waals surface area contributed by atoms with Crippen molar-refractivity contribution in [2.24, 2.45) is 0 Å². The number of hydrogen-bond acceptors (Lipinski definition) is 4. The van der Waals surface area contributed by atoms with Crippen LogP contribution in [0.2, 0.25) is 0 Å². The summed E-state index contributed by atoms with van der Waals surface area (Å²) in [6, 6.07) is 20.5. The highest BCUT2D eigenvalue weighted by atomic mass is 16.2. The fourth-order valence-electron chi connectivity index (χ4n) is 3.99. The van der Waals surface area contributed by atoms with Crippen molar-refractivity contribution in [3.05, 3.63) is 94.3 Å². The molecular weight excluding hydrogens is 430 g/mol. The SMILES string of the molecule is [C-]#[N+]CNC(=O)C(=O)NCc1ccccc1C(=O)NC1(c2cc(C#N)cc3ccccc23)CC1. The van der Waals surface area contributed by atoms with E-state index in [-0.39, 0.29) is 19.1 Å². The molecule has 4 rings (SSSR count). The van der Waals surface area contributed by atoms with Crippen LogP contribution in [0.3, 0.4) is 0 Å². The summed E-state index contributed by atoms with van der Waals surface area (Å²) in [4.78, 5) is 39.9. The van der Waals surface area contributed by atoms with Crippen LogP contribution in [0.4, 0.5) is 0 Å². The number of carbonyl (C=O) groups is 3. The van der Waals surface area contributed by atoms with Crippen LogP contribution in [0.1, 0.15) is 39.9 Å². The second-order valence-corrected chi connectivity index (χ2v) is 8.05. The summed E-state index contributed by atoms with van der Waals surface area (Å²) < 4.78 is 0. The Morgan fingerprint density at radius 1 is 1.00 bits per heavy atom. The third-order valence-electron chi connectivity index (χ3n) is 5.84. The van der Waals surface area contributed by atoms with Crippen LogP contribution >= 0.6 is 0 Å². The number of nitrogens with zero attached hydrogens (tertiary/aromatic N) is 2. The van der Waals surface area contributed by atoms with Crippen LogP contribution < -0.4 is 16.0 Å². The van der Waals surface area contributed by atoms with Gasteiger partial charge in [0.15, 0.2) is 0 Å². The van der Waals surface area contributed by atoms with Crippen molar-refractivity contribution >= 4 is 28.5 Å². The molecule has 34 heavy (non-hydrogen) atoms. The predicted molar refractivity (Wildman–Crippen MR) is 125 cm³/mol. The normalized spacial score (nSPS) is 13.2. The highest BCUT2D eigenvalue weighted by Gasteiger charge is 2.47. The van der Waals surface area contributed by atoms with Crippen LogP contribution in [-0.2, 0) is 21.7 Å². The molecule has 0 radical (unpaired) electrons. The second-order valence-electron chi connectivity index (χ2n) is 8.05. The van der Waals surface area contributed by atoms with Crippen LogP contribution in [0.15, 0.2) is 60.7 Å². The van der Waals surface area contributed by atoms with Gasteiger partial charge in [0, 0.05) is 12.1 Å². The summed E-state index contributed by atoms with van der Waals surface area (Å²) in [5, 5.41) is 19.2. The molecule has 1 saturated carbocycles. The molecule has 0 spiro atoms. The number of amides is 3. The molecule has 8 heteroatoms. The molecule has 0 heterocycles. The first-order valence-electron chi connectivity index (χ1n) is 10.7. The third-order valence-corrected chi connectivity index (χ3v) is 5.84. The maximum absolute atomic E-state index is 13.3. The zero-order valence-corrected chi connectivity index (χ0v) is 18.2. The second kappa shape index (κ2) is 9.43. The van der Waals surface area contributed by atoms with Crippen LogP contribution in [0.25, 0.3) is 15.6 Å². The number of hydrogen-bond donors (Lipinski definition) is 3. The Balaban J connectivity index is 1.55. The molecule has 1 aliphatic carbocycles. The Morgan fingerprint density at radius 2 is 1.71 bits per heavy atom. The maximum atomic E-state index is 13.3. The lowest BCUT2D eigenvalue weighted by Gasteiger charge is -2.21. The molecule has 3 amide bonds. The molecule has 8 nitrogen and oxygen atoms in total. The smallest absolute Gasteiger partial charge is 0.314 e. The quantitative estimate of drug-likeness (QED) is 0.395. The largest absolute Gasteiger partial charge is 0.344 e. The highest BCUT2D eigenvalue weighted by Crippen LogP contribution is 2.48. The summed E-state index contributed by atoms with van der Waals surface area (Å²) in [5.41, 5.74) is 1.82. The first kappa shape index (κ1) is 22.5. The predicted octanol–water partition coefficient (Wildman–Crippen LogP) is 2.74. The van der Waals surface area contributed by atoms with Gasteiger partial charge in [0.25, 0.3) is 12.6 Å². The number of carbonyl (C=O) groups excluding carboxylic acids is 3. The lowest BCUT2D eigenvalue weighted by molar-refractivity contribution is -0.139. The Morgan fingerprint density at radius 3 is 2.44 bits per heavy atom. The van der Waals surface area contributed by atoms with Gasteiger partial charge in [-0.3, -0.25) is 24.5 Å². The van der Waals surface area contributed by atoms with Gasteiger partial charge in [-0.25, -0.2) is 6.57 Å². The average molecular weight is 451 g/mol. The number of benzene rings is 3. The van der Waals surface area contributed by atoms with Gasteiger partial charge in [-0.1, -0.05) is 42.5 Å². The van der Waals surface area contributed by atoms with Gasteiger partial charge in [-0.2, -0.15) is 5.26 Å². The molecule has 3 aromatic rings. The van der Waals surface area contributed by atoms with E-state index in [9.17, 15) is 19.6 Å². The van der Waals surface area contributed by atoms with Gasteiger partial charge in [0.05, 0.1) is 17.2 Å². The van der Waals surface area contributed by atoms with Crippen molar-refractivity contribution in [2.75, 3.05) is 6.67 Å². The Labute approximate surface area is 196 Å². The van der Waals surface area contributed by atoms with Gasteiger partial charge in [0.1, 0.15) is 0 Å². The van der Waals surface area contributed by atoms with E-state index in [1.807, 2.05) is 36.4 Å². The summed E-state index contributed by atoms with van der Waals surface area (Å²) in [5.74, 6) is -2.08. The van der Waals surface area contributed by atoms with E-state index in [0.717, 1.165) is 29.2 Å². The van der Waals surface area contributed by atoms with E-state index in [1.54, 1.807) is 24.3 Å². The molecule has 1 aliphatic rings. The minimum atomic E-state index is -0.904. The Hall–Kier alpha value is -4.69. The standard InChI is InChI=1S/C26H21N5O3/c1-28-16-30-25(34)24(33)29-15-19-7-3-5-9-21(19)23(32)31-26(10-11-26)22-13-17(14-27)12-18-6-2-4-8-20(18)22/h2-9,12-13H,10-11,15-16H2,(H,29,33)(H,30,34)(H,31,32). The van der Waals surface area contributed by atoms with E-state index in [2.05, 4.69) is 26.9 Å². The van der Waals surface area contributed by atoms with Crippen molar-refractivity contribution in [1.29, 1.82) is 5.26 Å². The zero-order valence-electron chi connectivity index (χ0n) is 18.2. The molecule has 0 aliphatic heterocycles. The number of rotatable bonds is 6. The summed E-state index contributed by atoms with van der Waals surface area (Å²) >= 11 is 0. The van der Waals surface area contributed by atoms with Crippen LogP contribution in [0, 0.1) is 17.9 Å². The van der Waals surface area contributed by atoms with Gasteiger partial charge in [0.2, 0.25) is 0 Å². The topological polar surface area (TPSA) is 115 Å². The summed E-state index contributed by atoms with van der Waals surface area (Å²) in [7, 11) is 0. The molecule has 168 valence electrons. The van der Waals surface area contributed by atoms with Crippen molar-refractivity contribution in [3.63, 3.8) is 0 Å². The molecule has 3 aromatic carbocycles. The monoisotopic (exact) mass is 451 g/mol. The van der Waals surface area contributed by atoms with Crippen LogP contribution in [-0.4, -0.2) is 24.4 Å². The van der Waals surface area contributed by atoms with Crippen molar-refractivity contribution in [1.82, 2.24) is 16.0 Å². The van der Waals surface area contributed by atoms with Gasteiger partial charge < -0.3 is 10.6 Å². The fourth-order valence-corrected chi connectivity index (χ4v) is 3.99. The molecule has 1 fully saturated rings. The molecule has 0 unspecified atom stereocenters. The van der Waals surface area contributed by atoms with Crippen molar-refractivity contribution in [3.8, 4) is 6.07 Å². The lowest BCUT2D eigenvalue weighted by Crippen LogP contribution is -2.40. The molecule has 0 aromatic heterocycles. The minimum absolute atomic E-state index is 0.0201. The first-order chi connectivity index (χ1) is 16.5. The zero-order chi connectivity index (χ0) is 24.1. The molecule has 0 bridgehead atoms. The van der Waals surface area contributed by atoms with Gasteiger partial charge in [-0.05, 0) is 52.9 Å². The molecular formula is C26H21N5O3. The van der Waals surface area contributed by atoms with E-state index < -0.39 is 17.4 Å². The molecule has 0 atom stereocenters. The highest BCUT2D eigenvalue weighted by molar-refractivity contribution is 6.35. The number of nitrogens with one attached hydrogen (secondary N) is 3. The average Bonchev–Trinajstić information content (AvgIpc) is 3.65. The lowest BCUT2D eigenvalue weighted by atomic mass is 9.94. The van der Waals surface area contributed by atoms with Crippen molar-refractivity contribution < 1.29 is 14.4 Å². The Kier molecular flexibility index (Phi) is 6.24. The third kappa shape index (κ3) is 4.57. The minimum Gasteiger partial charge on any atom is -0.344 e. The van der Waals surface area contributed by atoms with Gasteiger partial charge in [-0.15, -0.1) is 0 Å². The van der Waals surface area contributed by atoms with Gasteiger partial charge >= 0.3 is 11.8 Å². The summed E-state index contributed by atoms with van der Waals surface area (Å²) in [6.45, 7) is 6.37. The molecule has 3 N–H and O–H groups in total. The van der Waals surface area contributed by atoms with E-state index in [0.29, 0.717) is 16.7 Å². The van der Waals surface area contributed by atoms with E-state index in [1.165, 1.54) is 0 Å². The first-order valence-corrected chi connectivity index (χ1v) is 10.7. The van der Waals surface area contributed by atoms with E-state index >= 15 is 0 Å². The van der Waals surface area contributed by atoms with Crippen molar-refractivity contribution in [2.45, 2.75) is 24.9 Å². The van der Waals surface area contributed by atoms with Crippen LogP contribution in [0.5, 0.6) is 0 Å². The molecule has 0 saturated heterocycles. The fraction of sp³-hybridized carbons (Fsp3) is 0.192. The van der Waals surface area contributed by atoms with E-state index in [4.69, 9.17) is 6.57 Å². The summed E-state index contributed by atoms with van der Waals surface area (Å²) in [6.07, 6.45) is 1.50. The maximum Gasteiger partial charge on any atom is 0.314 e. The number of nitriles is 1. The number of fused-ring (bicyclic) bond motifs is 1. The Bertz CT molecular complexity index is 1380.